The van der Waals surface area contributed by atoms with E-state index in [1.54, 1.807) is 0 Å². The Balaban J connectivity index is 1.92. The van der Waals surface area contributed by atoms with Gasteiger partial charge in [-0.05, 0) is 36.8 Å². The van der Waals surface area contributed by atoms with Crippen LogP contribution in [0.1, 0.15) is 6.92 Å². The first-order valence-corrected chi connectivity index (χ1v) is 8.46. The summed E-state index contributed by atoms with van der Waals surface area (Å²) in [7, 11) is 0. The summed E-state index contributed by atoms with van der Waals surface area (Å²) in [5.74, 6) is 0.848. The molecule has 0 unspecified atom stereocenters. The fourth-order valence-corrected chi connectivity index (χ4v) is 3.16. The maximum absolute atomic E-state index is 6.40. The van der Waals surface area contributed by atoms with E-state index in [-0.39, 0.29) is 0 Å². The van der Waals surface area contributed by atoms with Gasteiger partial charge in [0.1, 0.15) is 22.9 Å². The van der Waals surface area contributed by atoms with Crippen molar-refractivity contribution in [3.8, 4) is 22.6 Å². The molecule has 0 saturated carbocycles. The zero-order chi connectivity index (χ0) is 17.2. The van der Waals surface area contributed by atoms with E-state index >= 15 is 0 Å². The van der Waals surface area contributed by atoms with Crippen LogP contribution in [0.15, 0.2) is 67.1 Å². The Morgan fingerprint density at radius 2 is 1.76 bits per heavy atom. The Hall–Kier alpha value is -2.85. The highest BCUT2D eigenvalue weighted by Crippen LogP contribution is 2.35. The minimum atomic E-state index is 0.448. The first-order valence-electron chi connectivity index (χ1n) is 8.08. The Morgan fingerprint density at radius 1 is 1.00 bits per heavy atom. The standard InChI is InChI=1S/C20H16ClN3O/c1-2-25-16-10-8-14(9-11-16)17-12-24(15-6-4-3-5-7-15)20-18(17)19(21)22-13-23-20/h3-13H,2H2,1H3. The van der Waals surface area contributed by atoms with Gasteiger partial charge in [-0.15, -0.1) is 0 Å². The molecular formula is C20H16ClN3O. The summed E-state index contributed by atoms with van der Waals surface area (Å²) < 4.78 is 7.56. The van der Waals surface area contributed by atoms with E-state index in [1.807, 2.05) is 66.1 Å². The number of ether oxygens (including phenoxy) is 1. The largest absolute Gasteiger partial charge is 0.494 e. The topological polar surface area (TPSA) is 39.9 Å². The number of nitrogens with zero attached hydrogens (tertiary/aromatic N) is 3. The van der Waals surface area contributed by atoms with Crippen LogP contribution in [0.25, 0.3) is 27.8 Å². The number of hydrogen-bond donors (Lipinski definition) is 0. The average molecular weight is 350 g/mol. The predicted octanol–water partition coefficient (Wildman–Crippen LogP) is 5.14. The van der Waals surface area contributed by atoms with Gasteiger partial charge < -0.3 is 9.30 Å². The molecule has 25 heavy (non-hydrogen) atoms. The molecule has 0 saturated heterocycles. The number of rotatable bonds is 4. The van der Waals surface area contributed by atoms with Crippen molar-refractivity contribution in [2.24, 2.45) is 0 Å². The van der Waals surface area contributed by atoms with E-state index < -0.39 is 0 Å². The maximum Gasteiger partial charge on any atom is 0.150 e. The molecule has 0 atom stereocenters. The van der Waals surface area contributed by atoms with Crippen LogP contribution < -0.4 is 4.74 Å². The number of halogens is 1. The van der Waals surface area contributed by atoms with Crippen LogP contribution in [0, 0.1) is 0 Å². The van der Waals surface area contributed by atoms with Gasteiger partial charge in [0.05, 0.1) is 12.0 Å². The molecule has 2 aromatic heterocycles. The van der Waals surface area contributed by atoms with Crippen molar-refractivity contribution >= 4 is 22.6 Å². The fraction of sp³-hybridized carbons (Fsp3) is 0.100. The van der Waals surface area contributed by atoms with Crippen molar-refractivity contribution < 1.29 is 4.74 Å². The number of para-hydroxylation sites is 1. The van der Waals surface area contributed by atoms with E-state index in [4.69, 9.17) is 16.3 Å². The molecule has 124 valence electrons. The Kier molecular flexibility index (Phi) is 4.12. The lowest BCUT2D eigenvalue weighted by atomic mass is 10.1. The second-order valence-corrected chi connectivity index (χ2v) is 5.93. The third kappa shape index (κ3) is 2.85. The Morgan fingerprint density at radius 3 is 2.48 bits per heavy atom. The van der Waals surface area contributed by atoms with Crippen LogP contribution in [-0.2, 0) is 0 Å². The van der Waals surface area contributed by atoms with E-state index in [2.05, 4.69) is 16.2 Å². The minimum Gasteiger partial charge on any atom is -0.494 e. The molecule has 0 spiro atoms. The van der Waals surface area contributed by atoms with Gasteiger partial charge >= 0.3 is 0 Å². The third-order valence-corrected chi connectivity index (χ3v) is 4.33. The number of hydrogen-bond acceptors (Lipinski definition) is 3. The molecule has 2 aromatic carbocycles. The molecule has 0 aliphatic carbocycles. The van der Waals surface area contributed by atoms with E-state index in [9.17, 15) is 0 Å². The molecule has 2 heterocycles. The van der Waals surface area contributed by atoms with Gasteiger partial charge in [0, 0.05) is 17.4 Å². The quantitative estimate of drug-likeness (QED) is 0.479. The number of aromatic nitrogens is 3. The molecular weight excluding hydrogens is 334 g/mol. The summed E-state index contributed by atoms with van der Waals surface area (Å²) >= 11 is 6.40. The molecule has 0 aliphatic rings. The highest BCUT2D eigenvalue weighted by atomic mass is 35.5. The van der Waals surface area contributed by atoms with Gasteiger partial charge in [-0.25, -0.2) is 9.97 Å². The lowest BCUT2D eigenvalue weighted by molar-refractivity contribution is 0.340. The minimum absolute atomic E-state index is 0.448. The van der Waals surface area contributed by atoms with Gasteiger partial charge in [0.25, 0.3) is 0 Å². The zero-order valence-electron chi connectivity index (χ0n) is 13.7. The summed E-state index contributed by atoms with van der Waals surface area (Å²) in [6.07, 6.45) is 3.54. The molecule has 0 radical (unpaired) electrons. The summed E-state index contributed by atoms with van der Waals surface area (Å²) in [6, 6.07) is 18.0. The van der Waals surface area contributed by atoms with Crippen LogP contribution in [0.4, 0.5) is 0 Å². The highest BCUT2D eigenvalue weighted by Gasteiger charge is 2.16. The van der Waals surface area contributed by atoms with Crippen LogP contribution in [0.3, 0.4) is 0 Å². The Bertz CT molecular complexity index is 1010. The predicted molar refractivity (Wildman–Crippen MR) is 100 cm³/mol. The molecule has 5 heteroatoms. The summed E-state index contributed by atoms with van der Waals surface area (Å²) in [5.41, 5.74) is 3.85. The zero-order valence-corrected chi connectivity index (χ0v) is 14.4. The van der Waals surface area contributed by atoms with E-state index in [0.29, 0.717) is 11.8 Å². The maximum atomic E-state index is 6.40. The second-order valence-electron chi connectivity index (χ2n) is 5.57. The van der Waals surface area contributed by atoms with Crippen molar-refractivity contribution in [2.45, 2.75) is 6.92 Å². The SMILES string of the molecule is CCOc1ccc(-c2cn(-c3ccccc3)c3ncnc(Cl)c23)cc1. The van der Waals surface area contributed by atoms with Gasteiger partial charge in [0.2, 0.25) is 0 Å². The molecule has 0 fully saturated rings. The molecule has 4 rings (SSSR count). The molecule has 0 N–H and O–H groups in total. The Labute approximate surface area is 150 Å². The third-order valence-electron chi connectivity index (χ3n) is 4.05. The van der Waals surface area contributed by atoms with Crippen LogP contribution in [0.2, 0.25) is 5.15 Å². The van der Waals surface area contributed by atoms with Crippen LogP contribution >= 0.6 is 11.6 Å². The van der Waals surface area contributed by atoms with E-state index in [1.165, 1.54) is 6.33 Å². The normalized spacial score (nSPS) is 11.0. The fourth-order valence-electron chi connectivity index (χ4n) is 2.93. The van der Waals surface area contributed by atoms with Gasteiger partial charge in [-0.2, -0.15) is 0 Å². The molecule has 0 aliphatic heterocycles. The van der Waals surface area contributed by atoms with Crippen LogP contribution in [-0.4, -0.2) is 21.1 Å². The lowest BCUT2D eigenvalue weighted by Gasteiger charge is -2.04. The molecule has 4 nitrogen and oxygen atoms in total. The van der Waals surface area contributed by atoms with E-state index in [0.717, 1.165) is 33.6 Å². The second kappa shape index (κ2) is 6.57. The first-order chi connectivity index (χ1) is 12.3. The summed E-state index contributed by atoms with van der Waals surface area (Å²) in [4.78, 5) is 8.62. The number of benzene rings is 2. The summed E-state index contributed by atoms with van der Waals surface area (Å²) in [6.45, 7) is 2.62. The smallest absolute Gasteiger partial charge is 0.150 e. The molecule has 0 amide bonds. The van der Waals surface area contributed by atoms with Crippen LogP contribution in [0.5, 0.6) is 5.75 Å². The van der Waals surface area contributed by atoms with Crippen molar-refractivity contribution in [1.29, 1.82) is 0 Å². The molecule has 0 bridgehead atoms. The highest BCUT2D eigenvalue weighted by molar-refractivity contribution is 6.35. The monoisotopic (exact) mass is 349 g/mol. The number of fused-ring (bicyclic) bond motifs is 1. The van der Waals surface area contributed by atoms with Crippen molar-refractivity contribution in [1.82, 2.24) is 14.5 Å². The molecule has 4 aromatic rings. The van der Waals surface area contributed by atoms with Gasteiger partial charge in [0.15, 0.2) is 0 Å². The van der Waals surface area contributed by atoms with Gasteiger partial charge in [-0.3, -0.25) is 0 Å². The van der Waals surface area contributed by atoms with Crippen molar-refractivity contribution in [3.05, 3.63) is 72.3 Å². The van der Waals surface area contributed by atoms with Crippen molar-refractivity contribution in [3.63, 3.8) is 0 Å². The summed E-state index contributed by atoms with van der Waals surface area (Å²) in [5, 5.41) is 1.29. The van der Waals surface area contributed by atoms with Crippen molar-refractivity contribution in [2.75, 3.05) is 6.61 Å². The average Bonchev–Trinajstić information content (AvgIpc) is 3.04. The first kappa shape index (κ1) is 15.7. The lowest BCUT2D eigenvalue weighted by Crippen LogP contribution is -1.93. The van der Waals surface area contributed by atoms with Gasteiger partial charge in [-0.1, -0.05) is 41.9 Å².